The second-order valence-corrected chi connectivity index (χ2v) is 7.29. The van der Waals surface area contributed by atoms with E-state index >= 15 is 0 Å². The Morgan fingerprint density at radius 1 is 1.17 bits per heavy atom. The van der Waals surface area contributed by atoms with Gasteiger partial charge in [0.2, 0.25) is 0 Å². The van der Waals surface area contributed by atoms with E-state index in [-0.39, 0.29) is 27.0 Å². The minimum atomic E-state index is -4.61. The van der Waals surface area contributed by atoms with E-state index in [1.54, 1.807) is 13.0 Å². The highest BCUT2D eigenvalue weighted by Gasteiger charge is 2.31. The van der Waals surface area contributed by atoms with Crippen molar-refractivity contribution >= 4 is 38.9 Å². The summed E-state index contributed by atoms with van der Waals surface area (Å²) in [4.78, 5) is -0.220. The highest BCUT2D eigenvalue weighted by Crippen LogP contribution is 2.34. The van der Waals surface area contributed by atoms with E-state index in [4.69, 9.17) is 23.2 Å². The van der Waals surface area contributed by atoms with Crippen LogP contribution in [0, 0.1) is 6.92 Å². The quantitative estimate of drug-likeness (QED) is 0.719. The Morgan fingerprint density at radius 2 is 1.83 bits per heavy atom. The summed E-state index contributed by atoms with van der Waals surface area (Å²) in [5.74, 6) is -0.155. The second kappa shape index (κ2) is 6.82. The third-order valence-electron chi connectivity index (χ3n) is 3.27. The highest BCUT2D eigenvalue weighted by molar-refractivity contribution is 7.92. The topological polar surface area (TPSA) is 46.2 Å². The smallest absolute Gasteiger partial charge is 0.279 e. The molecule has 0 spiro atoms. The zero-order valence-corrected chi connectivity index (χ0v) is 14.6. The molecule has 0 radical (unpaired) electrons. The van der Waals surface area contributed by atoms with Crippen molar-refractivity contribution in [3.63, 3.8) is 0 Å². The van der Waals surface area contributed by atoms with Gasteiger partial charge in [-0.15, -0.1) is 11.6 Å². The summed E-state index contributed by atoms with van der Waals surface area (Å²) < 4.78 is 65.6. The maximum Gasteiger partial charge on any atom is 0.416 e. The van der Waals surface area contributed by atoms with Crippen LogP contribution in [0.15, 0.2) is 41.3 Å². The first-order valence-corrected chi connectivity index (χ1v) is 9.00. The van der Waals surface area contributed by atoms with Crippen LogP contribution in [0.4, 0.5) is 18.9 Å². The van der Waals surface area contributed by atoms with Gasteiger partial charge < -0.3 is 0 Å². The van der Waals surface area contributed by atoms with Gasteiger partial charge in [-0.05, 0) is 36.2 Å². The number of sulfonamides is 1. The van der Waals surface area contributed by atoms with E-state index in [0.717, 1.165) is 12.1 Å². The van der Waals surface area contributed by atoms with Gasteiger partial charge in [-0.25, -0.2) is 8.42 Å². The lowest BCUT2D eigenvalue weighted by atomic mass is 10.1. The fourth-order valence-corrected chi connectivity index (χ4v) is 3.90. The number of aryl methyl sites for hydroxylation is 1. The molecule has 0 heterocycles. The van der Waals surface area contributed by atoms with Gasteiger partial charge in [-0.1, -0.05) is 29.8 Å². The monoisotopic (exact) mass is 397 g/mol. The van der Waals surface area contributed by atoms with E-state index in [0.29, 0.717) is 11.6 Å². The lowest BCUT2D eigenvalue weighted by Gasteiger charge is -2.15. The molecule has 9 heteroatoms. The molecule has 0 atom stereocenters. The molecule has 2 aromatic rings. The number of benzene rings is 2. The normalized spacial score (nSPS) is 12.2. The minimum absolute atomic E-state index is 0.00407. The van der Waals surface area contributed by atoms with Crippen LogP contribution in [-0.4, -0.2) is 8.42 Å². The standard InChI is InChI=1S/C15H12Cl2F3NO2S/c1-9-3-2-4-13(14(9)17)24(22,23)21-12-7-11(15(18,19)20)6-5-10(12)8-16/h2-7,21H,8H2,1H3. The summed E-state index contributed by atoms with van der Waals surface area (Å²) >= 11 is 11.7. The minimum Gasteiger partial charge on any atom is -0.279 e. The van der Waals surface area contributed by atoms with Crippen molar-refractivity contribution < 1.29 is 21.6 Å². The average molecular weight is 398 g/mol. The Kier molecular flexibility index (Phi) is 5.37. The zero-order valence-electron chi connectivity index (χ0n) is 12.3. The zero-order chi connectivity index (χ0) is 18.1. The Bertz CT molecular complexity index is 868. The van der Waals surface area contributed by atoms with Crippen molar-refractivity contribution in [1.29, 1.82) is 0 Å². The Balaban J connectivity index is 2.51. The summed E-state index contributed by atoms with van der Waals surface area (Å²) in [5.41, 5.74) is -0.472. The largest absolute Gasteiger partial charge is 0.416 e. The first kappa shape index (κ1) is 18.9. The number of alkyl halides is 4. The SMILES string of the molecule is Cc1cccc(S(=O)(=O)Nc2cc(C(F)(F)F)ccc2CCl)c1Cl. The van der Waals surface area contributed by atoms with E-state index in [9.17, 15) is 21.6 Å². The molecule has 0 aliphatic rings. The van der Waals surface area contributed by atoms with Crippen LogP contribution in [0.2, 0.25) is 5.02 Å². The Hall–Kier alpha value is -1.44. The van der Waals surface area contributed by atoms with Gasteiger partial charge in [0.05, 0.1) is 16.3 Å². The number of nitrogens with one attached hydrogen (secondary N) is 1. The predicted molar refractivity (Wildman–Crippen MR) is 88.0 cm³/mol. The molecule has 24 heavy (non-hydrogen) atoms. The van der Waals surface area contributed by atoms with Crippen LogP contribution in [-0.2, 0) is 22.1 Å². The number of halogens is 5. The van der Waals surface area contributed by atoms with Gasteiger partial charge in [0, 0.05) is 5.88 Å². The number of anilines is 1. The Morgan fingerprint density at radius 3 is 2.42 bits per heavy atom. The fraction of sp³-hybridized carbons (Fsp3) is 0.200. The Labute approximate surface area is 147 Å². The molecular formula is C15H12Cl2F3NO2S. The van der Waals surface area contributed by atoms with Crippen LogP contribution in [0.3, 0.4) is 0 Å². The summed E-state index contributed by atoms with van der Waals surface area (Å²) in [6, 6.07) is 7.06. The van der Waals surface area contributed by atoms with Crippen molar-refractivity contribution in [2.24, 2.45) is 0 Å². The van der Waals surface area contributed by atoms with Crippen molar-refractivity contribution in [3.05, 3.63) is 58.1 Å². The van der Waals surface area contributed by atoms with Gasteiger partial charge in [-0.3, -0.25) is 4.72 Å². The molecule has 0 unspecified atom stereocenters. The maximum absolute atomic E-state index is 12.8. The summed E-state index contributed by atoms with van der Waals surface area (Å²) in [7, 11) is -4.17. The summed E-state index contributed by atoms with van der Waals surface area (Å²) in [6.07, 6.45) is -4.61. The molecule has 0 aliphatic carbocycles. The van der Waals surface area contributed by atoms with Crippen LogP contribution >= 0.6 is 23.2 Å². The first-order valence-electron chi connectivity index (χ1n) is 6.60. The van der Waals surface area contributed by atoms with Gasteiger partial charge in [0.1, 0.15) is 4.90 Å². The first-order chi connectivity index (χ1) is 11.1. The van der Waals surface area contributed by atoms with Gasteiger partial charge in [-0.2, -0.15) is 13.2 Å². The molecule has 0 saturated heterocycles. The number of hydrogen-bond donors (Lipinski definition) is 1. The van der Waals surface area contributed by atoms with E-state index in [2.05, 4.69) is 4.72 Å². The molecule has 1 N–H and O–H groups in total. The molecule has 0 amide bonds. The lowest BCUT2D eigenvalue weighted by Crippen LogP contribution is -2.16. The lowest BCUT2D eigenvalue weighted by molar-refractivity contribution is -0.137. The molecule has 0 aromatic heterocycles. The molecule has 0 aliphatic heterocycles. The maximum atomic E-state index is 12.8. The fourth-order valence-electron chi connectivity index (χ4n) is 1.99. The molecule has 2 aromatic carbocycles. The average Bonchev–Trinajstić information content (AvgIpc) is 2.48. The van der Waals surface area contributed by atoms with Crippen molar-refractivity contribution in [1.82, 2.24) is 0 Å². The number of hydrogen-bond acceptors (Lipinski definition) is 2. The highest BCUT2D eigenvalue weighted by atomic mass is 35.5. The van der Waals surface area contributed by atoms with Gasteiger partial charge in [0.15, 0.2) is 0 Å². The molecule has 0 saturated carbocycles. The molecule has 3 nitrogen and oxygen atoms in total. The summed E-state index contributed by atoms with van der Waals surface area (Å²) in [6.45, 7) is 1.62. The molecule has 0 fully saturated rings. The van der Waals surface area contributed by atoms with Gasteiger partial charge >= 0.3 is 6.18 Å². The van der Waals surface area contributed by atoms with Crippen LogP contribution in [0.5, 0.6) is 0 Å². The molecule has 130 valence electrons. The predicted octanol–water partition coefficient (Wildman–Crippen LogP) is 5.21. The summed E-state index contributed by atoms with van der Waals surface area (Å²) in [5, 5.41) is 0.00407. The third-order valence-corrected chi connectivity index (χ3v) is 5.58. The molecular weight excluding hydrogens is 386 g/mol. The van der Waals surface area contributed by atoms with Crippen LogP contribution in [0.1, 0.15) is 16.7 Å². The van der Waals surface area contributed by atoms with Crippen LogP contribution in [0.25, 0.3) is 0 Å². The van der Waals surface area contributed by atoms with Crippen molar-refractivity contribution in [2.45, 2.75) is 23.9 Å². The van der Waals surface area contributed by atoms with Gasteiger partial charge in [0.25, 0.3) is 10.0 Å². The molecule has 2 rings (SSSR count). The third kappa shape index (κ3) is 3.96. The van der Waals surface area contributed by atoms with E-state index in [1.807, 2.05) is 0 Å². The van der Waals surface area contributed by atoms with E-state index < -0.39 is 21.8 Å². The van der Waals surface area contributed by atoms with Crippen LogP contribution < -0.4 is 4.72 Å². The van der Waals surface area contributed by atoms with Crippen molar-refractivity contribution in [3.8, 4) is 0 Å². The number of rotatable bonds is 4. The molecule has 0 bridgehead atoms. The van der Waals surface area contributed by atoms with E-state index in [1.165, 1.54) is 12.1 Å². The second-order valence-electron chi connectivity index (χ2n) is 5.00. The van der Waals surface area contributed by atoms with Crippen molar-refractivity contribution in [2.75, 3.05) is 4.72 Å².